The first kappa shape index (κ1) is 20.0. The minimum atomic E-state index is -0.0699. The quantitative estimate of drug-likeness (QED) is 0.670. The van der Waals surface area contributed by atoms with Crippen molar-refractivity contribution in [2.45, 2.75) is 19.8 Å². The van der Waals surface area contributed by atoms with Crippen molar-refractivity contribution in [3.8, 4) is 11.1 Å². The zero-order valence-electron chi connectivity index (χ0n) is 17.2. The monoisotopic (exact) mass is 401 g/mol. The van der Waals surface area contributed by atoms with Gasteiger partial charge in [0.15, 0.2) is 0 Å². The number of hydrogen-bond acceptors (Lipinski definition) is 2. The molecule has 4 rings (SSSR count). The van der Waals surface area contributed by atoms with E-state index in [9.17, 15) is 9.59 Å². The Morgan fingerprint density at radius 1 is 1.03 bits per heavy atom. The third kappa shape index (κ3) is 4.46. The number of aromatic amines is 1. The van der Waals surface area contributed by atoms with Gasteiger partial charge in [-0.1, -0.05) is 42.5 Å². The Labute approximate surface area is 177 Å². The summed E-state index contributed by atoms with van der Waals surface area (Å²) in [6.45, 7) is 3.94. The molecule has 0 spiro atoms. The second kappa shape index (κ2) is 8.99. The SMILES string of the molecule is Cc1[nH]ccc1C(=O)N1CCCC(CNC(=O)c2ccc(-c3ccccc3)cc2)C1. The summed E-state index contributed by atoms with van der Waals surface area (Å²) in [6.07, 6.45) is 3.78. The molecule has 1 aromatic heterocycles. The molecule has 1 saturated heterocycles. The first-order valence-electron chi connectivity index (χ1n) is 10.5. The minimum Gasteiger partial charge on any atom is -0.365 e. The molecule has 154 valence electrons. The molecule has 2 N–H and O–H groups in total. The van der Waals surface area contributed by atoms with Crippen molar-refractivity contribution < 1.29 is 9.59 Å². The van der Waals surface area contributed by atoms with Crippen LogP contribution in [0.5, 0.6) is 0 Å². The van der Waals surface area contributed by atoms with Gasteiger partial charge in [0, 0.05) is 37.1 Å². The number of hydrogen-bond donors (Lipinski definition) is 2. The topological polar surface area (TPSA) is 65.2 Å². The molecular formula is C25H27N3O2. The van der Waals surface area contributed by atoms with Crippen LogP contribution in [0.25, 0.3) is 11.1 Å². The highest BCUT2D eigenvalue weighted by atomic mass is 16.2. The summed E-state index contributed by atoms with van der Waals surface area (Å²) in [7, 11) is 0. The predicted molar refractivity (Wildman–Crippen MR) is 118 cm³/mol. The van der Waals surface area contributed by atoms with Crippen LogP contribution in [0.3, 0.4) is 0 Å². The summed E-state index contributed by atoms with van der Waals surface area (Å²) in [5.74, 6) is 0.273. The lowest BCUT2D eigenvalue weighted by molar-refractivity contribution is 0.0670. The second-order valence-corrected chi connectivity index (χ2v) is 7.93. The lowest BCUT2D eigenvalue weighted by Gasteiger charge is -2.33. The van der Waals surface area contributed by atoms with Crippen LogP contribution < -0.4 is 5.32 Å². The van der Waals surface area contributed by atoms with Crippen molar-refractivity contribution in [3.63, 3.8) is 0 Å². The summed E-state index contributed by atoms with van der Waals surface area (Å²) in [4.78, 5) is 30.3. The van der Waals surface area contributed by atoms with E-state index >= 15 is 0 Å². The number of likely N-dealkylation sites (tertiary alicyclic amines) is 1. The van der Waals surface area contributed by atoms with E-state index in [1.54, 1.807) is 6.20 Å². The number of amides is 2. The maximum Gasteiger partial charge on any atom is 0.255 e. The molecule has 0 saturated carbocycles. The molecule has 1 aliphatic heterocycles. The molecule has 5 heteroatoms. The number of rotatable bonds is 5. The van der Waals surface area contributed by atoms with E-state index in [-0.39, 0.29) is 17.7 Å². The average molecular weight is 402 g/mol. The van der Waals surface area contributed by atoms with Crippen molar-refractivity contribution in [2.24, 2.45) is 5.92 Å². The Morgan fingerprint density at radius 2 is 1.77 bits per heavy atom. The largest absolute Gasteiger partial charge is 0.365 e. The lowest BCUT2D eigenvalue weighted by Crippen LogP contribution is -2.43. The maximum absolute atomic E-state index is 12.8. The van der Waals surface area contributed by atoms with Gasteiger partial charge in [-0.2, -0.15) is 0 Å². The molecule has 1 aliphatic rings. The van der Waals surface area contributed by atoms with Crippen molar-refractivity contribution in [2.75, 3.05) is 19.6 Å². The van der Waals surface area contributed by atoms with E-state index in [2.05, 4.69) is 22.4 Å². The van der Waals surface area contributed by atoms with Gasteiger partial charge < -0.3 is 15.2 Å². The van der Waals surface area contributed by atoms with Crippen molar-refractivity contribution >= 4 is 11.8 Å². The Kier molecular flexibility index (Phi) is 5.98. The average Bonchev–Trinajstić information content (AvgIpc) is 3.23. The van der Waals surface area contributed by atoms with Crippen LogP contribution >= 0.6 is 0 Å². The van der Waals surface area contributed by atoms with Gasteiger partial charge in [0.25, 0.3) is 11.8 Å². The third-order valence-corrected chi connectivity index (χ3v) is 5.80. The molecule has 2 amide bonds. The van der Waals surface area contributed by atoms with Gasteiger partial charge >= 0.3 is 0 Å². The molecule has 0 radical (unpaired) electrons. The molecule has 2 heterocycles. The summed E-state index contributed by atoms with van der Waals surface area (Å²) in [6, 6.07) is 19.6. The minimum absolute atomic E-state index is 0.0699. The van der Waals surface area contributed by atoms with Crippen molar-refractivity contribution in [1.29, 1.82) is 0 Å². The van der Waals surface area contributed by atoms with Gasteiger partial charge in [-0.05, 0) is 55.0 Å². The van der Waals surface area contributed by atoms with Crippen LogP contribution in [0.1, 0.15) is 39.3 Å². The summed E-state index contributed by atoms with van der Waals surface area (Å²) in [5, 5.41) is 3.05. The molecule has 1 unspecified atom stereocenters. The lowest BCUT2D eigenvalue weighted by atomic mass is 9.97. The molecule has 1 fully saturated rings. The van der Waals surface area contributed by atoms with Crippen LogP contribution in [0.2, 0.25) is 0 Å². The molecule has 2 aromatic carbocycles. The molecule has 1 atom stereocenters. The van der Waals surface area contributed by atoms with E-state index < -0.39 is 0 Å². The van der Waals surface area contributed by atoms with E-state index in [4.69, 9.17) is 0 Å². The zero-order valence-corrected chi connectivity index (χ0v) is 17.2. The number of piperidine rings is 1. The summed E-state index contributed by atoms with van der Waals surface area (Å²) in [5.41, 5.74) is 4.51. The molecule has 0 bridgehead atoms. The second-order valence-electron chi connectivity index (χ2n) is 7.93. The first-order valence-corrected chi connectivity index (χ1v) is 10.5. The Morgan fingerprint density at radius 3 is 2.47 bits per heavy atom. The Bertz CT molecular complexity index is 1010. The molecular weight excluding hydrogens is 374 g/mol. The molecule has 5 nitrogen and oxygen atoms in total. The fraction of sp³-hybridized carbons (Fsp3) is 0.280. The summed E-state index contributed by atoms with van der Waals surface area (Å²) < 4.78 is 0. The maximum atomic E-state index is 12.8. The zero-order chi connectivity index (χ0) is 20.9. The number of carbonyl (C=O) groups excluding carboxylic acids is 2. The highest BCUT2D eigenvalue weighted by Crippen LogP contribution is 2.21. The van der Waals surface area contributed by atoms with Crippen LogP contribution in [0, 0.1) is 12.8 Å². The van der Waals surface area contributed by atoms with Gasteiger partial charge in [-0.25, -0.2) is 0 Å². The van der Waals surface area contributed by atoms with Gasteiger partial charge in [-0.3, -0.25) is 9.59 Å². The van der Waals surface area contributed by atoms with Gasteiger partial charge in [0.1, 0.15) is 0 Å². The molecule has 0 aliphatic carbocycles. The number of aromatic nitrogens is 1. The summed E-state index contributed by atoms with van der Waals surface area (Å²) >= 11 is 0. The van der Waals surface area contributed by atoms with Crippen LogP contribution in [-0.4, -0.2) is 41.3 Å². The van der Waals surface area contributed by atoms with Crippen molar-refractivity contribution in [1.82, 2.24) is 15.2 Å². The van der Waals surface area contributed by atoms with Gasteiger partial charge in [0.05, 0.1) is 5.56 Å². The normalized spacial score (nSPS) is 16.3. The predicted octanol–water partition coefficient (Wildman–Crippen LogP) is 4.27. The number of carbonyl (C=O) groups is 2. The fourth-order valence-corrected chi connectivity index (χ4v) is 4.05. The van der Waals surface area contributed by atoms with Gasteiger partial charge in [-0.15, -0.1) is 0 Å². The highest BCUT2D eigenvalue weighted by molar-refractivity contribution is 5.95. The van der Waals surface area contributed by atoms with E-state index in [0.717, 1.165) is 41.8 Å². The number of benzene rings is 2. The Balaban J connectivity index is 1.32. The van der Waals surface area contributed by atoms with E-state index in [1.165, 1.54) is 0 Å². The number of nitrogens with one attached hydrogen (secondary N) is 2. The number of nitrogens with zero attached hydrogens (tertiary/aromatic N) is 1. The third-order valence-electron chi connectivity index (χ3n) is 5.80. The van der Waals surface area contributed by atoms with E-state index in [1.807, 2.05) is 60.4 Å². The Hall–Kier alpha value is -3.34. The van der Waals surface area contributed by atoms with Crippen LogP contribution in [0.15, 0.2) is 66.9 Å². The van der Waals surface area contributed by atoms with Gasteiger partial charge in [0.2, 0.25) is 0 Å². The molecule has 30 heavy (non-hydrogen) atoms. The number of aryl methyl sites for hydroxylation is 1. The first-order chi connectivity index (χ1) is 14.6. The smallest absolute Gasteiger partial charge is 0.255 e. The van der Waals surface area contributed by atoms with Crippen molar-refractivity contribution in [3.05, 3.63) is 83.7 Å². The number of H-pyrrole nitrogens is 1. The molecule has 3 aromatic rings. The van der Waals surface area contributed by atoms with E-state index in [0.29, 0.717) is 18.7 Å². The fourth-order valence-electron chi connectivity index (χ4n) is 4.05. The standard InChI is InChI=1S/C25H27N3O2/c1-18-23(13-14-26-18)25(30)28-15-5-6-19(17-28)16-27-24(29)22-11-9-21(10-12-22)20-7-3-2-4-8-20/h2-4,7-14,19,26H,5-6,15-17H2,1H3,(H,27,29). The van der Waals surface area contributed by atoms with Crippen LogP contribution in [-0.2, 0) is 0 Å². The van der Waals surface area contributed by atoms with Crippen LogP contribution in [0.4, 0.5) is 0 Å². The highest BCUT2D eigenvalue weighted by Gasteiger charge is 2.26.